The van der Waals surface area contributed by atoms with Crippen molar-refractivity contribution < 1.29 is 8.60 Å². The van der Waals surface area contributed by atoms with E-state index in [2.05, 4.69) is 5.09 Å². The third-order valence-electron chi connectivity index (χ3n) is 1.99. The van der Waals surface area contributed by atoms with Crippen LogP contribution >= 0.6 is 20.4 Å². The molecule has 3 nitrogen and oxygen atoms in total. The SMILES string of the molecule is ClOP(Nc1ccccc1)Oc1ccccc1. The molecule has 17 heavy (non-hydrogen) atoms. The molecule has 0 heterocycles. The lowest BCUT2D eigenvalue weighted by Crippen LogP contribution is -1.98. The minimum atomic E-state index is -1.40. The topological polar surface area (TPSA) is 30.5 Å². The van der Waals surface area contributed by atoms with Gasteiger partial charge in [0.2, 0.25) is 0 Å². The first-order valence-electron chi connectivity index (χ1n) is 5.02. The summed E-state index contributed by atoms with van der Waals surface area (Å²) in [6.07, 6.45) is 0. The summed E-state index contributed by atoms with van der Waals surface area (Å²) in [6.45, 7) is 0. The molecule has 0 aliphatic rings. The molecule has 0 bridgehead atoms. The van der Waals surface area contributed by atoms with Gasteiger partial charge in [-0.05, 0) is 24.3 Å². The van der Waals surface area contributed by atoms with Crippen LogP contribution in [0.1, 0.15) is 0 Å². The van der Waals surface area contributed by atoms with Crippen molar-refractivity contribution >= 4 is 26.1 Å². The summed E-state index contributed by atoms with van der Waals surface area (Å²) in [5, 5.41) is 3.07. The molecule has 0 amide bonds. The largest absolute Gasteiger partial charge is 0.431 e. The van der Waals surface area contributed by atoms with Crippen molar-refractivity contribution in [1.29, 1.82) is 0 Å². The number of benzene rings is 2. The zero-order chi connectivity index (χ0) is 11.9. The van der Waals surface area contributed by atoms with Gasteiger partial charge in [-0.3, -0.25) is 0 Å². The average Bonchev–Trinajstić information content (AvgIpc) is 2.40. The number of nitrogens with one attached hydrogen (secondary N) is 1. The van der Waals surface area contributed by atoms with Crippen LogP contribution in [0.3, 0.4) is 0 Å². The number of hydrogen-bond donors (Lipinski definition) is 1. The number of hydrogen-bond acceptors (Lipinski definition) is 3. The molecular formula is C12H11ClNO2P. The quantitative estimate of drug-likeness (QED) is 0.805. The lowest BCUT2D eigenvalue weighted by molar-refractivity contribution is 0.522. The Morgan fingerprint density at radius 1 is 0.882 bits per heavy atom. The van der Waals surface area contributed by atoms with Gasteiger partial charge in [-0.15, -0.1) is 0 Å². The van der Waals surface area contributed by atoms with Crippen LogP contribution in [0, 0.1) is 0 Å². The summed E-state index contributed by atoms with van der Waals surface area (Å²) < 4.78 is 10.3. The predicted octanol–water partition coefficient (Wildman–Crippen LogP) is 4.57. The first kappa shape index (κ1) is 12.2. The number of halogens is 1. The smallest absolute Gasteiger partial charge is 0.367 e. The van der Waals surface area contributed by atoms with Crippen molar-refractivity contribution in [3.8, 4) is 5.75 Å². The standard InChI is InChI=1S/C12H11ClNO2P/c13-16-17(14-11-7-3-1-4-8-11)15-12-9-5-2-6-10-12/h1-10,14H. The van der Waals surface area contributed by atoms with Crippen molar-refractivity contribution in [2.24, 2.45) is 0 Å². The first-order valence-corrected chi connectivity index (χ1v) is 6.50. The van der Waals surface area contributed by atoms with Gasteiger partial charge in [0.05, 0.1) is 11.9 Å². The van der Waals surface area contributed by atoms with Crippen LogP contribution in [0.25, 0.3) is 0 Å². The highest BCUT2D eigenvalue weighted by molar-refractivity contribution is 7.50. The van der Waals surface area contributed by atoms with E-state index in [0.29, 0.717) is 5.75 Å². The minimum absolute atomic E-state index is 0.711. The van der Waals surface area contributed by atoms with Crippen molar-refractivity contribution in [3.63, 3.8) is 0 Å². The molecule has 0 fully saturated rings. The predicted molar refractivity (Wildman–Crippen MR) is 71.0 cm³/mol. The van der Waals surface area contributed by atoms with Crippen LogP contribution < -0.4 is 9.61 Å². The second-order valence-corrected chi connectivity index (χ2v) is 4.68. The summed E-state index contributed by atoms with van der Waals surface area (Å²) in [5.74, 6) is 0.711. The third kappa shape index (κ3) is 3.90. The average molecular weight is 268 g/mol. The van der Waals surface area contributed by atoms with Crippen LogP contribution in [-0.4, -0.2) is 0 Å². The Kier molecular flexibility index (Phi) is 4.63. The lowest BCUT2D eigenvalue weighted by Gasteiger charge is -2.15. The number of anilines is 1. The maximum Gasteiger partial charge on any atom is 0.367 e. The van der Waals surface area contributed by atoms with Crippen molar-refractivity contribution in [1.82, 2.24) is 0 Å². The summed E-state index contributed by atoms with van der Waals surface area (Å²) in [4.78, 5) is 0. The van der Waals surface area contributed by atoms with E-state index in [9.17, 15) is 0 Å². The molecule has 0 saturated carbocycles. The van der Waals surface area contributed by atoms with Gasteiger partial charge in [0.15, 0.2) is 0 Å². The van der Waals surface area contributed by atoms with E-state index in [4.69, 9.17) is 20.5 Å². The minimum Gasteiger partial charge on any atom is -0.431 e. The molecule has 0 aliphatic carbocycles. The van der Waals surface area contributed by atoms with E-state index in [1.165, 1.54) is 0 Å². The molecule has 1 unspecified atom stereocenters. The fourth-order valence-electron chi connectivity index (χ4n) is 1.25. The van der Waals surface area contributed by atoms with Gasteiger partial charge in [0.25, 0.3) is 0 Å². The van der Waals surface area contributed by atoms with Crippen LogP contribution in [0.5, 0.6) is 5.75 Å². The van der Waals surface area contributed by atoms with E-state index in [1.54, 1.807) is 0 Å². The van der Waals surface area contributed by atoms with Crippen LogP contribution in [0.15, 0.2) is 60.7 Å². The van der Waals surface area contributed by atoms with E-state index in [0.717, 1.165) is 5.69 Å². The van der Waals surface area contributed by atoms with Gasteiger partial charge >= 0.3 is 8.53 Å². The highest BCUT2D eigenvalue weighted by Gasteiger charge is 2.12. The molecular weight excluding hydrogens is 257 g/mol. The maximum absolute atomic E-state index is 5.57. The Bertz CT molecular complexity index is 399. The van der Waals surface area contributed by atoms with E-state index < -0.39 is 8.53 Å². The normalized spacial score (nSPS) is 11.8. The molecule has 5 heteroatoms. The molecule has 0 aliphatic heterocycles. The second kappa shape index (κ2) is 6.45. The molecule has 88 valence electrons. The summed E-state index contributed by atoms with van der Waals surface area (Å²) in [6, 6.07) is 19.0. The molecule has 2 aromatic carbocycles. The molecule has 2 rings (SSSR count). The molecule has 0 aromatic heterocycles. The van der Waals surface area contributed by atoms with Gasteiger partial charge in [-0.25, -0.2) is 0 Å². The number of rotatable bonds is 5. The molecule has 0 saturated heterocycles. The highest BCUT2D eigenvalue weighted by atomic mass is 35.5. The molecule has 0 radical (unpaired) electrons. The zero-order valence-electron chi connectivity index (χ0n) is 8.92. The lowest BCUT2D eigenvalue weighted by atomic mass is 10.3. The van der Waals surface area contributed by atoms with E-state index in [1.807, 2.05) is 60.7 Å². The number of para-hydroxylation sites is 2. The molecule has 1 N–H and O–H groups in total. The Hall–Kier alpha value is -1.28. The summed E-state index contributed by atoms with van der Waals surface area (Å²) in [7, 11) is -1.40. The Labute approximate surface area is 106 Å². The second-order valence-electron chi connectivity index (χ2n) is 3.21. The maximum atomic E-state index is 5.57. The van der Waals surface area contributed by atoms with Crippen LogP contribution in [0.2, 0.25) is 0 Å². The molecule has 1 atom stereocenters. The fourth-order valence-corrected chi connectivity index (χ4v) is 2.22. The van der Waals surface area contributed by atoms with Gasteiger partial charge in [-0.2, -0.15) is 4.08 Å². The Balaban J connectivity index is 1.98. The van der Waals surface area contributed by atoms with Gasteiger partial charge in [-0.1, -0.05) is 36.4 Å². The first-order chi connectivity index (χ1) is 8.38. The van der Waals surface area contributed by atoms with Gasteiger partial charge in [0.1, 0.15) is 5.75 Å². The van der Waals surface area contributed by atoms with E-state index in [-0.39, 0.29) is 0 Å². The third-order valence-corrected chi connectivity index (χ3v) is 3.31. The monoisotopic (exact) mass is 267 g/mol. The molecule has 0 spiro atoms. The Morgan fingerprint density at radius 2 is 1.47 bits per heavy atom. The highest BCUT2D eigenvalue weighted by Crippen LogP contribution is 2.40. The van der Waals surface area contributed by atoms with Crippen molar-refractivity contribution in [2.75, 3.05) is 5.09 Å². The van der Waals surface area contributed by atoms with Gasteiger partial charge in [0, 0.05) is 5.69 Å². The molecule has 2 aromatic rings. The van der Waals surface area contributed by atoms with Crippen molar-refractivity contribution in [2.45, 2.75) is 0 Å². The van der Waals surface area contributed by atoms with Gasteiger partial charge < -0.3 is 9.61 Å². The zero-order valence-corrected chi connectivity index (χ0v) is 10.6. The van der Waals surface area contributed by atoms with Crippen molar-refractivity contribution in [3.05, 3.63) is 60.7 Å². The fraction of sp³-hybridized carbons (Fsp3) is 0. The summed E-state index contributed by atoms with van der Waals surface area (Å²) >= 11 is 5.41. The van der Waals surface area contributed by atoms with E-state index >= 15 is 0 Å². The summed E-state index contributed by atoms with van der Waals surface area (Å²) in [5.41, 5.74) is 0.898. The Morgan fingerprint density at radius 3 is 2.06 bits per heavy atom. The van der Waals surface area contributed by atoms with Crippen LogP contribution in [0.4, 0.5) is 5.69 Å². The van der Waals surface area contributed by atoms with Crippen LogP contribution in [-0.2, 0) is 4.08 Å².